The van der Waals surface area contributed by atoms with Crippen LogP contribution in [0.3, 0.4) is 0 Å². The highest BCUT2D eigenvalue weighted by atomic mass is 79.9. The van der Waals surface area contributed by atoms with E-state index in [0.717, 1.165) is 10.0 Å². The first-order valence-electron chi connectivity index (χ1n) is 5.91. The molecule has 1 unspecified atom stereocenters. The van der Waals surface area contributed by atoms with Crippen molar-refractivity contribution >= 4 is 21.8 Å². The summed E-state index contributed by atoms with van der Waals surface area (Å²) in [5.74, 6) is -1.73. The number of rotatable bonds is 1. The highest BCUT2D eigenvalue weighted by molar-refractivity contribution is 9.10. The topological polar surface area (TPSA) is 20.3 Å². The van der Waals surface area contributed by atoms with Gasteiger partial charge in [-0.3, -0.25) is 4.79 Å². The minimum Gasteiger partial charge on any atom is -0.338 e. The highest BCUT2D eigenvalue weighted by Gasteiger charge is 2.44. The molecule has 1 aliphatic heterocycles. The molecular formula is C13H13BrF3NO. The number of amides is 1. The molecule has 1 aromatic rings. The molecule has 104 valence electrons. The van der Waals surface area contributed by atoms with Gasteiger partial charge in [0.25, 0.3) is 5.91 Å². The Morgan fingerprint density at radius 2 is 2.11 bits per heavy atom. The molecule has 1 amide bonds. The first-order valence-corrected chi connectivity index (χ1v) is 6.70. The molecule has 1 fully saturated rings. The molecule has 0 N–H and O–H groups in total. The Hall–Kier alpha value is -1.04. The number of carbonyl (C=O) groups is 1. The van der Waals surface area contributed by atoms with Crippen molar-refractivity contribution < 1.29 is 18.0 Å². The van der Waals surface area contributed by atoms with Crippen LogP contribution in [0.5, 0.6) is 0 Å². The molecule has 1 aromatic carbocycles. The maximum atomic E-state index is 12.6. The zero-order valence-corrected chi connectivity index (χ0v) is 11.9. The molecule has 0 aliphatic carbocycles. The lowest BCUT2D eigenvalue weighted by atomic mass is 10.1. The molecule has 6 heteroatoms. The lowest BCUT2D eigenvalue weighted by Gasteiger charge is -2.18. The van der Waals surface area contributed by atoms with E-state index < -0.39 is 12.1 Å². The average Bonchev–Trinajstić information content (AvgIpc) is 2.81. The predicted octanol–water partition coefficient (Wildman–Crippen LogP) is 3.78. The van der Waals surface area contributed by atoms with Crippen LogP contribution in [0.2, 0.25) is 0 Å². The number of halogens is 4. The van der Waals surface area contributed by atoms with Crippen molar-refractivity contribution in [3.05, 3.63) is 33.8 Å². The van der Waals surface area contributed by atoms with E-state index in [4.69, 9.17) is 0 Å². The van der Waals surface area contributed by atoms with Gasteiger partial charge in [0.1, 0.15) is 0 Å². The maximum Gasteiger partial charge on any atom is 0.393 e. The number of hydrogen-bond acceptors (Lipinski definition) is 1. The number of alkyl halides is 3. The van der Waals surface area contributed by atoms with E-state index in [1.54, 1.807) is 18.2 Å². The third kappa shape index (κ3) is 3.11. The smallest absolute Gasteiger partial charge is 0.338 e. The number of hydrogen-bond donors (Lipinski definition) is 0. The molecule has 1 aliphatic rings. The molecule has 0 saturated carbocycles. The number of nitrogens with zero attached hydrogens (tertiary/aromatic N) is 1. The standard InChI is InChI=1S/C13H13BrF3NO/c1-8-6-9(2-3-11(8)14)12(19)18-5-4-10(7-18)13(15,16)17/h2-3,6,10H,4-5,7H2,1H3. The zero-order chi connectivity index (χ0) is 14.2. The fourth-order valence-electron chi connectivity index (χ4n) is 2.17. The number of likely N-dealkylation sites (tertiary alicyclic amines) is 1. The predicted molar refractivity (Wildman–Crippen MR) is 68.9 cm³/mol. The van der Waals surface area contributed by atoms with Gasteiger partial charge in [-0.25, -0.2) is 0 Å². The van der Waals surface area contributed by atoms with Crippen molar-refractivity contribution in [1.82, 2.24) is 4.90 Å². The molecule has 0 spiro atoms. The lowest BCUT2D eigenvalue weighted by Crippen LogP contribution is -2.32. The second kappa shape index (κ2) is 5.15. The Morgan fingerprint density at radius 1 is 1.42 bits per heavy atom. The Kier molecular flexibility index (Phi) is 3.90. The van der Waals surface area contributed by atoms with Gasteiger partial charge in [0, 0.05) is 23.1 Å². The van der Waals surface area contributed by atoms with E-state index in [9.17, 15) is 18.0 Å². The second-order valence-corrected chi connectivity index (χ2v) is 5.60. The zero-order valence-electron chi connectivity index (χ0n) is 10.3. The van der Waals surface area contributed by atoms with E-state index in [0.29, 0.717) is 5.56 Å². The molecular weight excluding hydrogens is 323 g/mol. The van der Waals surface area contributed by atoms with Crippen LogP contribution >= 0.6 is 15.9 Å². The summed E-state index contributed by atoms with van der Waals surface area (Å²) in [5, 5.41) is 0. The van der Waals surface area contributed by atoms with Gasteiger partial charge >= 0.3 is 6.18 Å². The van der Waals surface area contributed by atoms with Crippen molar-refractivity contribution in [1.29, 1.82) is 0 Å². The molecule has 1 saturated heterocycles. The van der Waals surface area contributed by atoms with Crippen LogP contribution in [0.15, 0.2) is 22.7 Å². The van der Waals surface area contributed by atoms with E-state index >= 15 is 0 Å². The van der Waals surface area contributed by atoms with Crippen molar-refractivity contribution in [2.24, 2.45) is 5.92 Å². The summed E-state index contributed by atoms with van der Waals surface area (Å²) in [6, 6.07) is 5.05. The fourth-order valence-corrected chi connectivity index (χ4v) is 2.42. The molecule has 0 bridgehead atoms. The Balaban J connectivity index is 2.11. The van der Waals surface area contributed by atoms with Crippen LogP contribution in [-0.4, -0.2) is 30.1 Å². The Morgan fingerprint density at radius 3 is 2.63 bits per heavy atom. The molecule has 19 heavy (non-hydrogen) atoms. The molecule has 1 atom stereocenters. The normalized spacial score (nSPS) is 19.8. The second-order valence-electron chi connectivity index (χ2n) is 4.74. The van der Waals surface area contributed by atoms with Gasteiger partial charge in [-0.1, -0.05) is 15.9 Å². The number of benzene rings is 1. The van der Waals surface area contributed by atoms with Crippen LogP contribution < -0.4 is 0 Å². The number of aryl methyl sites for hydroxylation is 1. The van der Waals surface area contributed by atoms with E-state index in [1.807, 2.05) is 6.92 Å². The third-order valence-electron chi connectivity index (χ3n) is 3.34. The van der Waals surface area contributed by atoms with Crippen molar-refractivity contribution in [2.45, 2.75) is 19.5 Å². The van der Waals surface area contributed by atoms with Gasteiger partial charge in [-0.15, -0.1) is 0 Å². The van der Waals surface area contributed by atoms with Gasteiger partial charge in [0.05, 0.1) is 5.92 Å². The van der Waals surface area contributed by atoms with Gasteiger partial charge in [0.15, 0.2) is 0 Å². The van der Waals surface area contributed by atoms with Crippen LogP contribution in [0.1, 0.15) is 22.3 Å². The summed E-state index contributed by atoms with van der Waals surface area (Å²) >= 11 is 3.32. The SMILES string of the molecule is Cc1cc(C(=O)N2CCC(C(F)(F)F)C2)ccc1Br. The molecule has 2 rings (SSSR count). The van der Waals surface area contributed by atoms with Gasteiger partial charge in [-0.05, 0) is 37.1 Å². The summed E-state index contributed by atoms with van der Waals surface area (Å²) in [6.45, 7) is 1.76. The van der Waals surface area contributed by atoms with Crippen LogP contribution in [-0.2, 0) is 0 Å². The molecule has 0 radical (unpaired) electrons. The van der Waals surface area contributed by atoms with Crippen LogP contribution in [0.25, 0.3) is 0 Å². The van der Waals surface area contributed by atoms with E-state index in [2.05, 4.69) is 15.9 Å². The Bertz CT molecular complexity index is 501. The molecule has 1 heterocycles. The van der Waals surface area contributed by atoms with Gasteiger partial charge in [-0.2, -0.15) is 13.2 Å². The summed E-state index contributed by atoms with van der Waals surface area (Å²) in [7, 11) is 0. The summed E-state index contributed by atoms with van der Waals surface area (Å²) < 4.78 is 38.6. The monoisotopic (exact) mass is 335 g/mol. The maximum absolute atomic E-state index is 12.6. The van der Waals surface area contributed by atoms with E-state index in [-0.39, 0.29) is 25.4 Å². The minimum absolute atomic E-state index is 0.00918. The van der Waals surface area contributed by atoms with Crippen LogP contribution in [0, 0.1) is 12.8 Å². The van der Waals surface area contributed by atoms with Gasteiger partial charge < -0.3 is 4.90 Å². The molecule has 2 nitrogen and oxygen atoms in total. The summed E-state index contributed by atoms with van der Waals surface area (Å²) in [6.07, 6.45) is -4.23. The largest absolute Gasteiger partial charge is 0.393 e. The van der Waals surface area contributed by atoms with Crippen LogP contribution in [0.4, 0.5) is 13.2 Å². The van der Waals surface area contributed by atoms with Gasteiger partial charge in [0.2, 0.25) is 0 Å². The average molecular weight is 336 g/mol. The molecule has 0 aromatic heterocycles. The fraction of sp³-hybridized carbons (Fsp3) is 0.462. The first-order chi connectivity index (χ1) is 8.79. The quantitative estimate of drug-likeness (QED) is 0.764. The van der Waals surface area contributed by atoms with Crippen molar-refractivity contribution in [2.75, 3.05) is 13.1 Å². The lowest BCUT2D eigenvalue weighted by molar-refractivity contribution is -0.169. The third-order valence-corrected chi connectivity index (χ3v) is 4.23. The number of carbonyl (C=O) groups excluding carboxylic acids is 1. The highest BCUT2D eigenvalue weighted by Crippen LogP contribution is 2.34. The summed E-state index contributed by atoms with van der Waals surface area (Å²) in [5.41, 5.74) is 1.32. The van der Waals surface area contributed by atoms with Crippen molar-refractivity contribution in [3.8, 4) is 0 Å². The minimum atomic E-state index is -4.22. The summed E-state index contributed by atoms with van der Waals surface area (Å²) in [4.78, 5) is 13.4. The van der Waals surface area contributed by atoms with Crippen molar-refractivity contribution in [3.63, 3.8) is 0 Å². The van der Waals surface area contributed by atoms with E-state index in [1.165, 1.54) is 4.90 Å². The first kappa shape index (κ1) is 14.4. The Labute approximate surface area is 117 Å².